The molecule has 0 bridgehead atoms. The molecule has 1 saturated carbocycles. The van der Waals surface area contributed by atoms with Gasteiger partial charge < -0.3 is 9.47 Å². The van der Waals surface area contributed by atoms with Gasteiger partial charge in [-0.25, -0.2) is 0 Å². The van der Waals surface area contributed by atoms with Crippen LogP contribution in [0.3, 0.4) is 0 Å². The summed E-state index contributed by atoms with van der Waals surface area (Å²) in [5.74, 6) is 0.965. The minimum Gasteiger partial charge on any atom is -0.465 e. The number of unbranched alkanes of at least 4 members (excludes halogenated alkanes) is 7. The van der Waals surface area contributed by atoms with E-state index in [9.17, 15) is 9.59 Å². The van der Waals surface area contributed by atoms with Gasteiger partial charge in [-0.2, -0.15) is 0 Å². The van der Waals surface area contributed by atoms with E-state index in [4.69, 9.17) is 9.47 Å². The summed E-state index contributed by atoms with van der Waals surface area (Å²) in [7, 11) is 0. The molecule has 0 unspecified atom stereocenters. The van der Waals surface area contributed by atoms with Gasteiger partial charge in [-0.3, -0.25) is 9.59 Å². The van der Waals surface area contributed by atoms with E-state index in [0.29, 0.717) is 19.1 Å². The van der Waals surface area contributed by atoms with Gasteiger partial charge in [0, 0.05) is 0 Å². The second-order valence-corrected chi connectivity index (χ2v) is 9.75. The Kier molecular flexibility index (Phi) is 14.1. The van der Waals surface area contributed by atoms with Gasteiger partial charge in [-0.15, -0.1) is 0 Å². The predicted molar refractivity (Wildman–Crippen MR) is 119 cm³/mol. The van der Waals surface area contributed by atoms with Gasteiger partial charge in [-0.05, 0) is 43.9 Å². The molecule has 1 aliphatic rings. The monoisotopic (exact) mass is 410 g/mol. The number of carbonyl (C=O) groups excluding carboxylic acids is 2. The zero-order valence-electron chi connectivity index (χ0n) is 19.5. The van der Waals surface area contributed by atoms with Crippen LogP contribution in [-0.4, -0.2) is 25.2 Å². The Labute approximate surface area is 179 Å². The SMILES string of the molecule is CC(C)CCCCCCCCCCOC(=O)C1CCC(C(=O)OCC(C)C)CC1. The van der Waals surface area contributed by atoms with Crippen molar-refractivity contribution in [1.29, 1.82) is 0 Å². The van der Waals surface area contributed by atoms with Crippen LogP contribution in [-0.2, 0) is 19.1 Å². The molecule has 1 aliphatic carbocycles. The van der Waals surface area contributed by atoms with Gasteiger partial charge in [0.15, 0.2) is 0 Å². The van der Waals surface area contributed by atoms with E-state index in [1.54, 1.807) is 0 Å². The van der Waals surface area contributed by atoms with E-state index in [0.717, 1.165) is 44.4 Å². The van der Waals surface area contributed by atoms with Crippen LogP contribution in [0.25, 0.3) is 0 Å². The maximum Gasteiger partial charge on any atom is 0.308 e. The summed E-state index contributed by atoms with van der Waals surface area (Å²) < 4.78 is 10.8. The molecule has 0 aliphatic heterocycles. The number of esters is 2. The van der Waals surface area contributed by atoms with Crippen LogP contribution in [0.1, 0.15) is 111 Å². The number of rotatable bonds is 15. The third-order valence-corrected chi connectivity index (χ3v) is 5.87. The second kappa shape index (κ2) is 15.7. The molecule has 0 saturated heterocycles. The van der Waals surface area contributed by atoms with Crippen LogP contribution in [0.15, 0.2) is 0 Å². The Morgan fingerprint density at radius 3 is 1.59 bits per heavy atom. The Morgan fingerprint density at radius 2 is 1.10 bits per heavy atom. The third-order valence-electron chi connectivity index (χ3n) is 5.87. The first kappa shape index (κ1) is 26.0. The van der Waals surface area contributed by atoms with Crippen molar-refractivity contribution in [2.45, 2.75) is 111 Å². The first-order valence-corrected chi connectivity index (χ1v) is 12.2. The van der Waals surface area contributed by atoms with E-state index in [-0.39, 0.29) is 23.8 Å². The lowest BCUT2D eigenvalue weighted by Crippen LogP contribution is -2.29. The van der Waals surface area contributed by atoms with E-state index in [1.807, 2.05) is 13.8 Å². The van der Waals surface area contributed by atoms with Crippen molar-refractivity contribution in [3.63, 3.8) is 0 Å². The van der Waals surface area contributed by atoms with Gasteiger partial charge >= 0.3 is 11.9 Å². The Bertz CT molecular complexity index is 436. The fourth-order valence-electron chi connectivity index (χ4n) is 3.94. The molecule has 0 aromatic rings. The highest BCUT2D eigenvalue weighted by Gasteiger charge is 2.31. The van der Waals surface area contributed by atoms with Crippen molar-refractivity contribution >= 4 is 11.9 Å². The standard InChI is InChI=1S/C25H46O4/c1-20(2)13-11-9-7-5-6-8-10-12-18-28-24(26)22-14-16-23(17-15-22)25(27)29-19-21(3)4/h20-23H,5-19H2,1-4H3. The molecule has 0 radical (unpaired) electrons. The number of carbonyl (C=O) groups is 2. The van der Waals surface area contributed by atoms with Gasteiger partial charge in [0.1, 0.15) is 0 Å². The molecule has 29 heavy (non-hydrogen) atoms. The highest BCUT2D eigenvalue weighted by Crippen LogP contribution is 2.30. The predicted octanol–water partition coefficient (Wildman–Crippen LogP) is 6.70. The number of ether oxygens (including phenoxy) is 2. The zero-order chi connectivity index (χ0) is 21.5. The van der Waals surface area contributed by atoms with Crippen LogP contribution < -0.4 is 0 Å². The molecule has 1 fully saturated rings. The molecular formula is C25H46O4. The normalized spacial score (nSPS) is 19.5. The number of hydrogen-bond acceptors (Lipinski definition) is 4. The van der Waals surface area contributed by atoms with Crippen molar-refractivity contribution in [3.8, 4) is 0 Å². The molecule has 0 N–H and O–H groups in total. The maximum absolute atomic E-state index is 12.2. The first-order chi connectivity index (χ1) is 13.9. The topological polar surface area (TPSA) is 52.6 Å². The molecule has 0 aromatic carbocycles. The lowest BCUT2D eigenvalue weighted by molar-refractivity contribution is -0.155. The minimum atomic E-state index is -0.0922. The summed E-state index contributed by atoms with van der Waals surface area (Å²) in [6.07, 6.45) is 14.4. The van der Waals surface area contributed by atoms with Crippen LogP contribution in [0.4, 0.5) is 0 Å². The molecule has 0 aromatic heterocycles. The van der Waals surface area contributed by atoms with Gasteiger partial charge in [0.05, 0.1) is 25.0 Å². The first-order valence-electron chi connectivity index (χ1n) is 12.2. The van der Waals surface area contributed by atoms with E-state index in [1.165, 1.54) is 44.9 Å². The van der Waals surface area contributed by atoms with E-state index in [2.05, 4.69) is 13.8 Å². The molecule has 4 heteroatoms. The lowest BCUT2D eigenvalue weighted by Gasteiger charge is -2.26. The summed E-state index contributed by atoms with van der Waals surface area (Å²) >= 11 is 0. The van der Waals surface area contributed by atoms with Gasteiger partial charge in [-0.1, -0.05) is 79.1 Å². The average Bonchev–Trinajstić information content (AvgIpc) is 2.69. The molecule has 0 heterocycles. The largest absolute Gasteiger partial charge is 0.465 e. The van der Waals surface area contributed by atoms with E-state index >= 15 is 0 Å². The fraction of sp³-hybridized carbons (Fsp3) is 0.920. The molecule has 1 rings (SSSR count). The molecule has 4 nitrogen and oxygen atoms in total. The third kappa shape index (κ3) is 13.0. The van der Waals surface area contributed by atoms with Crippen molar-refractivity contribution in [3.05, 3.63) is 0 Å². The molecule has 170 valence electrons. The van der Waals surface area contributed by atoms with Crippen LogP contribution in [0.5, 0.6) is 0 Å². The van der Waals surface area contributed by atoms with Crippen LogP contribution in [0.2, 0.25) is 0 Å². The molecule has 0 atom stereocenters. The smallest absolute Gasteiger partial charge is 0.308 e. The van der Waals surface area contributed by atoms with Gasteiger partial charge in [0.25, 0.3) is 0 Å². The van der Waals surface area contributed by atoms with Crippen LogP contribution >= 0.6 is 0 Å². The Hall–Kier alpha value is -1.06. The summed E-state index contributed by atoms with van der Waals surface area (Å²) in [6.45, 7) is 9.69. The van der Waals surface area contributed by atoms with Crippen molar-refractivity contribution in [2.24, 2.45) is 23.7 Å². The summed E-state index contributed by atoms with van der Waals surface area (Å²) in [5.41, 5.74) is 0. The Balaban J connectivity index is 1.97. The summed E-state index contributed by atoms with van der Waals surface area (Å²) in [4.78, 5) is 24.3. The average molecular weight is 411 g/mol. The quantitative estimate of drug-likeness (QED) is 0.222. The number of hydrogen-bond donors (Lipinski definition) is 0. The minimum absolute atomic E-state index is 0.0324. The van der Waals surface area contributed by atoms with Gasteiger partial charge in [0.2, 0.25) is 0 Å². The second-order valence-electron chi connectivity index (χ2n) is 9.75. The molecule has 0 spiro atoms. The maximum atomic E-state index is 12.2. The highest BCUT2D eigenvalue weighted by atomic mass is 16.5. The van der Waals surface area contributed by atoms with Crippen LogP contribution in [0, 0.1) is 23.7 Å². The van der Waals surface area contributed by atoms with Crippen molar-refractivity contribution in [1.82, 2.24) is 0 Å². The molecule has 0 amide bonds. The zero-order valence-corrected chi connectivity index (χ0v) is 19.5. The lowest BCUT2D eigenvalue weighted by atomic mass is 9.82. The highest BCUT2D eigenvalue weighted by molar-refractivity contribution is 5.75. The Morgan fingerprint density at radius 1 is 0.655 bits per heavy atom. The van der Waals surface area contributed by atoms with E-state index < -0.39 is 0 Å². The summed E-state index contributed by atoms with van der Waals surface area (Å²) in [5, 5.41) is 0. The summed E-state index contributed by atoms with van der Waals surface area (Å²) in [6, 6.07) is 0. The fourth-order valence-corrected chi connectivity index (χ4v) is 3.94. The van der Waals surface area contributed by atoms with Crippen molar-refractivity contribution in [2.75, 3.05) is 13.2 Å². The van der Waals surface area contributed by atoms with Crippen molar-refractivity contribution < 1.29 is 19.1 Å². The molecular weight excluding hydrogens is 364 g/mol.